The Morgan fingerprint density at radius 2 is 1.87 bits per heavy atom. The average molecular weight is 433 g/mol. The smallest absolute Gasteiger partial charge is 0.244 e. The summed E-state index contributed by atoms with van der Waals surface area (Å²) in [5.74, 6) is -0.374. The number of carbonyl (C=O) groups is 1. The van der Waals surface area contributed by atoms with Crippen molar-refractivity contribution in [3.8, 4) is 0 Å². The van der Waals surface area contributed by atoms with Crippen molar-refractivity contribution in [1.82, 2.24) is 19.5 Å². The van der Waals surface area contributed by atoms with Crippen molar-refractivity contribution in [1.29, 1.82) is 0 Å². The van der Waals surface area contributed by atoms with E-state index in [0.29, 0.717) is 6.54 Å². The van der Waals surface area contributed by atoms with Crippen LogP contribution in [0.3, 0.4) is 0 Å². The third-order valence-electron chi connectivity index (χ3n) is 5.18. The van der Waals surface area contributed by atoms with E-state index in [-0.39, 0.29) is 23.5 Å². The molecule has 1 amide bonds. The molecule has 0 atom stereocenters. The Bertz CT molecular complexity index is 927. The summed E-state index contributed by atoms with van der Waals surface area (Å²) in [5.41, 5.74) is 2.13. The predicted octanol–water partition coefficient (Wildman–Crippen LogP) is 0.975. The molecule has 0 saturated carbocycles. The molecule has 3 rings (SSSR count). The van der Waals surface area contributed by atoms with Crippen LogP contribution >= 0.6 is 0 Å². The van der Waals surface area contributed by atoms with Crippen LogP contribution in [0.4, 0.5) is 0 Å². The van der Waals surface area contributed by atoms with E-state index >= 15 is 0 Å². The Hall–Kier alpha value is -2.33. The van der Waals surface area contributed by atoms with Crippen LogP contribution < -0.4 is 5.32 Å². The second kappa shape index (κ2) is 10.1. The summed E-state index contributed by atoms with van der Waals surface area (Å²) in [6, 6.07) is 11.0. The lowest BCUT2D eigenvalue weighted by Crippen LogP contribution is -2.38. The second-order valence-electron chi connectivity index (χ2n) is 7.55. The van der Waals surface area contributed by atoms with Gasteiger partial charge in [-0.2, -0.15) is 4.31 Å². The topological polar surface area (TPSA) is 103 Å². The number of nitrogens with one attached hydrogen (secondary N) is 1. The molecule has 0 unspecified atom stereocenters. The summed E-state index contributed by atoms with van der Waals surface area (Å²) in [5, 5.41) is 12.4. The van der Waals surface area contributed by atoms with E-state index < -0.39 is 10.0 Å². The zero-order valence-corrected chi connectivity index (χ0v) is 17.9. The van der Waals surface area contributed by atoms with Crippen molar-refractivity contribution in [3.63, 3.8) is 0 Å². The van der Waals surface area contributed by atoms with Crippen molar-refractivity contribution in [2.24, 2.45) is 0 Å². The van der Waals surface area contributed by atoms with Crippen LogP contribution in [0.25, 0.3) is 0 Å². The molecule has 1 aromatic heterocycles. The summed E-state index contributed by atoms with van der Waals surface area (Å²) >= 11 is 0. The molecule has 2 N–H and O–H groups in total. The maximum Gasteiger partial charge on any atom is 0.244 e. The molecule has 1 fully saturated rings. The number of aromatic nitrogens is 1. The van der Waals surface area contributed by atoms with Crippen molar-refractivity contribution >= 4 is 15.9 Å². The molecular weight excluding hydrogens is 404 g/mol. The molecule has 9 heteroatoms. The molecule has 1 saturated heterocycles. The SMILES string of the molecule is CN(CC(=O)NCc1ccc(CN2CCC(O)CC2)cc1)S(=O)(=O)c1cccnc1. The first kappa shape index (κ1) is 22.4. The molecule has 1 aliphatic heterocycles. The molecule has 162 valence electrons. The highest BCUT2D eigenvalue weighted by Gasteiger charge is 2.23. The summed E-state index contributed by atoms with van der Waals surface area (Å²) in [7, 11) is -2.38. The molecule has 1 aromatic carbocycles. The monoisotopic (exact) mass is 432 g/mol. The molecule has 0 radical (unpaired) electrons. The summed E-state index contributed by atoms with van der Waals surface area (Å²) in [4.78, 5) is 18.4. The first-order valence-corrected chi connectivity index (χ1v) is 11.4. The standard InChI is InChI=1S/C21H28N4O4S/c1-24(30(28,29)20-3-2-10-22-14-20)16-21(27)23-13-17-4-6-18(7-5-17)15-25-11-8-19(26)9-12-25/h2-7,10,14,19,26H,8-9,11-13,15-16H2,1H3,(H,23,27). The number of sulfonamides is 1. The van der Waals surface area contributed by atoms with Crippen molar-refractivity contribution in [2.45, 2.75) is 36.9 Å². The molecular formula is C21H28N4O4S. The van der Waals surface area contributed by atoms with Gasteiger partial charge in [-0.1, -0.05) is 24.3 Å². The third kappa shape index (κ3) is 6.09. The molecule has 0 aliphatic carbocycles. The Balaban J connectivity index is 1.46. The number of likely N-dealkylation sites (tertiary alicyclic amines) is 1. The van der Waals surface area contributed by atoms with Gasteiger partial charge in [-0.3, -0.25) is 14.7 Å². The Kier molecular flexibility index (Phi) is 7.54. The van der Waals surface area contributed by atoms with E-state index in [0.717, 1.165) is 42.3 Å². The lowest BCUT2D eigenvalue weighted by atomic mass is 10.1. The van der Waals surface area contributed by atoms with E-state index in [9.17, 15) is 18.3 Å². The van der Waals surface area contributed by atoms with Gasteiger partial charge in [-0.05, 0) is 36.1 Å². The van der Waals surface area contributed by atoms with E-state index in [1.54, 1.807) is 6.07 Å². The summed E-state index contributed by atoms with van der Waals surface area (Å²) in [6.07, 6.45) is 4.21. The minimum atomic E-state index is -3.75. The average Bonchev–Trinajstić information content (AvgIpc) is 2.75. The zero-order valence-electron chi connectivity index (χ0n) is 17.1. The van der Waals surface area contributed by atoms with Crippen LogP contribution in [0.15, 0.2) is 53.7 Å². The summed E-state index contributed by atoms with van der Waals surface area (Å²) in [6.45, 7) is 2.70. The van der Waals surface area contributed by atoms with E-state index in [4.69, 9.17) is 0 Å². The van der Waals surface area contributed by atoms with Crippen LogP contribution in [0.1, 0.15) is 24.0 Å². The number of aliphatic hydroxyl groups is 1. The number of benzene rings is 1. The van der Waals surface area contributed by atoms with Crippen LogP contribution in [-0.2, 0) is 27.9 Å². The van der Waals surface area contributed by atoms with Gasteiger partial charge in [0.25, 0.3) is 0 Å². The van der Waals surface area contributed by atoms with Crippen molar-refractivity contribution in [3.05, 3.63) is 59.9 Å². The number of rotatable bonds is 8. The maximum absolute atomic E-state index is 12.4. The molecule has 2 heterocycles. The molecule has 8 nitrogen and oxygen atoms in total. The number of amides is 1. The van der Waals surface area contributed by atoms with Crippen LogP contribution in [-0.4, -0.2) is 66.4 Å². The highest BCUT2D eigenvalue weighted by molar-refractivity contribution is 7.89. The Labute approximate surface area is 177 Å². The lowest BCUT2D eigenvalue weighted by Gasteiger charge is -2.29. The normalized spacial score (nSPS) is 16.0. The quantitative estimate of drug-likeness (QED) is 0.645. The number of piperidine rings is 1. The first-order valence-electron chi connectivity index (χ1n) is 9.96. The van der Waals surface area contributed by atoms with Gasteiger partial charge in [-0.25, -0.2) is 8.42 Å². The van der Waals surface area contributed by atoms with Gasteiger partial charge in [-0.15, -0.1) is 0 Å². The van der Waals surface area contributed by atoms with Gasteiger partial charge < -0.3 is 10.4 Å². The number of pyridine rings is 1. The number of nitrogens with zero attached hydrogens (tertiary/aromatic N) is 3. The molecule has 2 aromatic rings. The lowest BCUT2D eigenvalue weighted by molar-refractivity contribution is -0.121. The maximum atomic E-state index is 12.4. The van der Waals surface area contributed by atoms with Crippen LogP contribution in [0.5, 0.6) is 0 Å². The Morgan fingerprint density at radius 3 is 2.50 bits per heavy atom. The van der Waals surface area contributed by atoms with Gasteiger partial charge in [0.15, 0.2) is 0 Å². The first-order chi connectivity index (χ1) is 14.3. The van der Waals surface area contributed by atoms with Crippen LogP contribution in [0, 0.1) is 0 Å². The fourth-order valence-corrected chi connectivity index (χ4v) is 4.41. The van der Waals surface area contributed by atoms with Gasteiger partial charge in [0.2, 0.25) is 15.9 Å². The fraction of sp³-hybridized carbons (Fsp3) is 0.429. The molecule has 1 aliphatic rings. The largest absolute Gasteiger partial charge is 0.393 e. The molecule has 0 bridgehead atoms. The number of aliphatic hydroxyl groups excluding tert-OH is 1. The minimum absolute atomic E-state index is 0.0547. The summed E-state index contributed by atoms with van der Waals surface area (Å²) < 4.78 is 25.9. The van der Waals surface area contributed by atoms with Gasteiger partial charge in [0, 0.05) is 45.6 Å². The third-order valence-corrected chi connectivity index (χ3v) is 6.97. The number of hydrogen-bond donors (Lipinski definition) is 2. The fourth-order valence-electron chi connectivity index (χ4n) is 3.32. The number of hydrogen-bond acceptors (Lipinski definition) is 6. The second-order valence-corrected chi connectivity index (χ2v) is 9.60. The van der Waals surface area contributed by atoms with Gasteiger partial charge in [0.05, 0.1) is 12.6 Å². The minimum Gasteiger partial charge on any atom is -0.393 e. The highest BCUT2D eigenvalue weighted by Crippen LogP contribution is 2.15. The van der Waals surface area contributed by atoms with Crippen LogP contribution in [0.2, 0.25) is 0 Å². The van der Waals surface area contributed by atoms with Gasteiger partial charge in [0.1, 0.15) is 4.90 Å². The zero-order chi connectivity index (χ0) is 21.6. The van der Waals surface area contributed by atoms with E-state index in [1.807, 2.05) is 24.3 Å². The van der Waals surface area contributed by atoms with E-state index in [2.05, 4.69) is 15.2 Å². The highest BCUT2D eigenvalue weighted by atomic mass is 32.2. The molecule has 0 spiro atoms. The Morgan fingerprint density at radius 1 is 1.20 bits per heavy atom. The van der Waals surface area contributed by atoms with Crippen molar-refractivity contribution in [2.75, 3.05) is 26.7 Å². The number of carbonyl (C=O) groups excluding carboxylic acids is 1. The van der Waals surface area contributed by atoms with Crippen molar-refractivity contribution < 1.29 is 18.3 Å². The number of likely N-dealkylation sites (N-methyl/N-ethyl adjacent to an activating group) is 1. The van der Waals surface area contributed by atoms with Gasteiger partial charge >= 0.3 is 0 Å². The van der Waals surface area contributed by atoms with E-state index in [1.165, 1.54) is 31.1 Å². The molecule has 30 heavy (non-hydrogen) atoms. The predicted molar refractivity (Wildman–Crippen MR) is 113 cm³/mol.